The zero-order valence-electron chi connectivity index (χ0n) is 21.0. The van der Waals surface area contributed by atoms with E-state index in [2.05, 4.69) is 11.0 Å². The van der Waals surface area contributed by atoms with Crippen LogP contribution < -0.4 is 18.9 Å². The van der Waals surface area contributed by atoms with Crippen LogP contribution in [0.1, 0.15) is 35.6 Å². The van der Waals surface area contributed by atoms with Gasteiger partial charge in [-0.2, -0.15) is 0 Å². The van der Waals surface area contributed by atoms with Gasteiger partial charge in [-0.3, -0.25) is 9.69 Å². The van der Waals surface area contributed by atoms with Crippen molar-refractivity contribution in [3.05, 3.63) is 83.4 Å². The van der Waals surface area contributed by atoms with Crippen molar-refractivity contribution < 1.29 is 28.8 Å². The third-order valence-corrected chi connectivity index (χ3v) is 6.70. The molecule has 0 amide bonds. The number of methoxy groups -OCH3 is 3. The molecule has 7 heteroatoms. The molecule has 1 saturated heterocycles. The Morgan fingerprint density at radius 3 is 2.08 bits per heavy atom. The summed E-state index contributed by atoms with van der Waals surface area (Å²) >= 11 is 0. The van der Waals surface area contributed by atoms with Crippen molar-refractivity contribution in [1.29, 1.82) is 0 Å². The van der Waals surface area contributed by atoms with Gasteiger partial charge in [0.25, 0.3) is 0 Å². The van der Waals surface area contributed by atoms with Crippen LogP contribution in [0, 0.1) is 5.92 Å². The van der Waals surface area contributed by atoms with Gasteiger partial charge in [0.05, 0.1) is 33.3 Å². The molecule has 0 aromatic heterocycles. The van der Waals surface area contributed by atoms with Gasteiger partial charge < -0.3 is 24.1 Å². The zero-order chi connectivity index (χ0) is 25.5. The predicted molar refractivity (Wildman–Crippen MR) is 137 cm³/mol. The Morgan fingerprint density at radius 2 is 1.50 bits per heavy atom. The largest absolute Gasteiger partial charge is 0.493 e. The van der Waals surface area contributed by atoms with Crippen molar-refractivity contribution in [3.63, 3.8) is 0 Å². The minimum absolute atomic E-state index is 0.194. The SMILES string of the molecule is COc1cc(C(c2ccccc2OCc2ccccc2)N2CCC(C(=O)O)CC2)cc(OC)c1OC. The number of hydrogen-bond donors (Lipinski definition) is 1. The lowest BCUT2D eigenvalue weighted by molar-refractivity contribution is -0.143. The number of para-hydroxylation sites is 1. The molecule has 0 spiro atoms. The van der Waals surface area contributed by atoms with E-state index in [4.69, 9.17) is 18.9 Å². The minimum Gasteiger partial charge on any atom is -0.493 e. The molecule has 0 saturated carbocycles. The highest BCUT2D eigenvalue weighted by molar-refractivity contribution is 5.70. The molecule has 1 atom stereocenters. The Bertz CT molecular complexity index is 1130. The number of carboxylic acid groups (broad SMARTS) is 1. The number of nitrogens with zero attached hydrogens (tertiary/aromatic N) is 1. The van der Waals surface area contributed by atoms with E-state index in [1.54, 1.807) is 21.3 Å². The second kappa shape index (κ2) is 11.8. The topological polar surface area (TPSA) is 77.5 Å². The number of carboxylic acids is 1. The van der Waals surface area contributed by atoms with Crippen molar-refractivity contribution >= 4 is 5.97 Å². The smallest absolute Gasteiger partial charge is 0.306 e. The predicted octanol–water partition coefficient (Wildman–Crippen LogP) is 5.18. The van der Waals surface area contributed by atoms with Crippen molar-refractivity contribution in [2.24, 2.45) is 5.92 Å². The highest BCUT2D eigenvalue weighted by Gasteiger charge is 2.32. The molecule has 0 aliphatic carbocycles. The van der Waals surface area contributed by atoms with Gasteiger partial charge in [-0.15, -0.1) is 0 Å². The molecular formula is C29H33NO6. The normalized spacial score (nSPS) is 15.2. The van der Waals surface area contributed by atoms with Crippen LogP contribution in [0.15, 0.2) is 66.7 Å². The van der Waals surface area contributed by atoms with Crippen LogP contribution >= 0.6 is 0 Å². The first-order valence-corrected chi connectivity index (χ1v) is 12.1. The van der Waals surface area contributed by atoms with E-state index in [9.17, 15) is 9.90 Å². The number of likely N-dealkylation sites (tertiary alicyclic amines) is 1. The molecule has 3 aromatic carbocycles. The lowest BCUT2D eigenvalue weighted by Crippen LogP contribution is -2.39. The van der Waals surface area contributed by atoms with Crippen molar-refractivity contribution in [3.8, 4) is 23.0 Å². The molecular weight excluding hydrogens is 458 g/mol. The molecule has 7 nitrogen and oxygen atoms in total. The summed E-state index contributed by atoms with van der Waals surface area (Å²) in [5.74, 6) is 1.39. The summed E-state index contributed by atoms with van der Waals surface area (Å²) in [6.07, 6.45) is 1.17. The second-order valence-electron chi connectivity index (χ2n) is 8.82. The summed E-state index contributed by atoms with van der Waals surface area (Å²) in [6.45, 7) is 1.73. The molecule has 190 valence electrons. The third kappa shape index (κ3) is 5.57. The molecule has 4 rings (SSSR count). The number of piperidine rings is 1. The molecule has 1 unspecified atom stereocenters. The van der Waals surface area contributed by atoms with E-state index in [1.165, 1.54) is 0 Å². The Balaban J connectivity index is 1.76. The molecule has 1 heterocycles. The summed E-state index contributed by atoms with van der Waals surface area (Å²) in [6, 6.07) is 21.8. The van der Waals surface area contributed by atoms with Crippen molar-refractivity contribution in [1.82, 2.24) is 4.90 Å². The minimum atomic E-state index is -0.731. The van der Waals surface area contributed by atoms with E-state index in [-0.39, 0.29) is 12.0 Å². The maximum Gasteiger partial charge on any atom is 0.306 e. The first-order valence-electron chi connectivity index (χ1n) is 12.1. The van der Waals surface area contributed by atoms with Gasteiger partial charge in [0.15, 0.2) is 11.5 Å². The van der Waals surface area contributed by atoms with Crippen molar-refractivity contribution in [2.75, 3.05) is 34.4 Å². The fourth-order valence-electron chi connectivity index (χ4n) is 4.82. The van der Waals surface area contributed by atoms with Crippen LogP contribution in [-0.4, -0.2) is 50.4 Å². The van der Waals surface area contributed by atoms with Crippen LogP contribution in [0.5, 0.6) is 23.0 Å². The first kappa shape index (κ1) is 25.4. The Hall–Kier alpha value is -3.71. The van der Waals surface area contributed by atoms with Gasteiger partial charge in [0.2, 0.25) is 5.75 Å². The fraction of sp³-hybridized carbons (Fsp3) is 0.345. The highest BCUT2D eigenvalue weighted by Crippen LogP contribution is 2.44. The van der Waals surface area contributed by atoms with Gasteiger partial charge in [-0.25, -0.2) is 0 Å². The van der Waals surface area contributed by atoms with Crippen LogP contribution in [0.3, 0.4) is 0 Å². The standard InChI is InChI=1S/C29H33NO6/c1-33-25-17-22(18-26(34-2)28(25)35-3)27(30-15-13-21(14-16-30)29(31)32)23-11-7-8-12-24(23)36-19-20-9-5-4-6-10-20/h4-12,17-18,21,27H,13-16,19H2,1-3H3,(H,31,32). The number of benzene rings is 3. The third-order valence-electron chi connectivity index (χ3n) is 6.70. The molecule has 0 radical (unpaired) electrons. The fourth-order valence-corrected chi connectivity index (χ4v) is 4.82. The van der Waals surface area contributed by atoms with Crippen molar-refractivity contribution in [2.45, 2.75) is 25.5 Å². The molecule has 1 N–H and O–H groups in total. The first-order chi connectivity index (χ1) is 17.5. The van der Waals surface area contributed by atoms with Gasteiger partial charge in [0, 0.05) is 5.56 Å². The lowest BCUT2D eigenvalue weighted by Gasteiger charge is -2.38. The molecule has 3 aromatic rings. The van der Waals surface area contributed by atoms with E-state index < -0.39 is 5.97 Å². The molecule has 1 fully saturated rings. The van der Waals surface area contributed by atoms with Crippen LogP contribution in [0.25, 0.3) is 0 Å². The average molecular weight is 492 g/mol. The van der Waals surface area contributed by atoms with E-state index in [1.807, 2.05) is 60.7 Å². The monoisotopic (exact) mass is 491 g/mol. The summed E-state index contributed by atoms with van der Waals surface area (Å²) < 4.78 is 23.2. The van der Waals surface area contributed by atoms with E-state index in [0.717, 1.165) is 22.4 Å². The molecule has 0 bridgehead atoms. The van der Waals surface area contributed by atoms with Gasteiger partial charge in [-0.1, -0.05) is 48.5 Å². The molecule has 1 aliphatic rings. The molecule has 36 heavy (non-hydrogen) atoms. The number of hydrogen-bond acceptors (Lipinski definition) is 6. The summed E-state index contributed by atoms with van der Waals surface area (Å²) in [5, 5.41) is 9.53. The summed E-state index contributed by atoms with van der Waals surface area (Å²) in [4.78, 5) is 13.9. The van der Waals surface area contributed by atoms with E-state index in [0.29, 0.717) is 49.8 Å². The zero-order valence-corrected chi connectivity index (χ0v) is 21.0. The van der Waals surface area contributed by atoms with Gasteiger partial charge >= 0.3 is 5.97 Å². The summed E-state index contributed by atoms with van der Waals surface area (Å²) in [7, 11) is 4.79. The Morgan fingerprint density at radius 1 is 0.889 bits per heavy atom. The maximum absolute atomic E-state index is 11.6. The van der Waals surface area contributed by atoms with Gasteiger partial charge in [-0.05, 0) is 55.3 Å². The second-order valence-corrected chi connectivity index (χ2v) is 8.82. The number of ether oxygens (including phenoxy) is 4. The highest BCUT2D eigenvalue weighted by atomic mass is 16.5. The molecule has 1 aliphatic heterocycles. The number of rotatable bonds is 10. The number of carbonyl (C=O) groups is 1. The lowest BCUT2D eigenvalue weighted by atomic mass is 9.90. The van der Waals surface area contributed by atoms with E-state index >= 15 is 0 Å². The quantitative estimate of drug-likeness (QED) is 0.419. The van der Waals surface area contributed by atoms with Crippen LogP contribution in [0.2, 0.25) is 0 Å². The Kier molecular flexibility index (Phi) is 8.33. The Labute approximate surface area is 212 Å². The maximum atomic E-state index is 11.6. The van der Waals surface area contributed by atoms with Crippen LogP contribution in [0.4, 0.5) is 0 Å². The summed E-state index contributed by atoms with van der Waals surface area (Å²) in [5.41, 5.74) is 3.03. The average Bonchev–Trinajstić information content (AvgIpc) is 2.92. The van der Waals surface area contributed by atoms with Gasteiger partial charge in [0.1, 0.15) is 12.4 Å². The number of aliphatic carboxylic acids is 1. The van der Waals surface area contributed by atoms with Crippen LogP contribution in [-0.2, 0) is 11.4 Å².